The number of hydrogen-bond acceptors (Lipinski definition) is 5. The summed E-state index contributed by atoms with van der Waals surface area (Å²) in [6, 6.07) is 10.8. The fourth-order valence-corrected chi connectivity index (χ4v) is 4.08. The maximum atomic E-state index is 12.6. The lowest BCUT2D eigenvalue weighted by Crippen LogP contribution is -2.15. The molecular formula is C24H30N3O4Si. The minimum absolute atomic E-state index is 0.160. The third-order valence-corrected chi connectivity index (χ3v) is 5.38. The van der Waals surface area contributed by atoms with Gasteiger partial charge in [-0.3, -0.25) is 9.89 Å². The molecule has 169 valence electrons. The summed E-state index contributed by atoms with van der Waals surface area (Å²) in [7, 11) is 2.20. The molecule has 0 aliphatic rings. The van der Waals surface area contributed by atoms with Crippen LogP contribution in [0.5, 0.6) is 11.5 Å². The molecule has 0 aliphatic heterocycles. The second kappa shape index (κ2) is 9.48. The van der Waals surface area contributed by atoms with Crippen LogP contribution in [-0.4, -0.2) is 38.0 Å². The largest absolute Gasteiger partial charge is 0.541 e. The topological polar surface area (TPSA) is 78.4 Å². The van der Waals surface area contributed by atoms with Gasteiger partial charge in [0, 0.05) is 17.8 Å². The summed E-state index contributed by atoms with van der Waals surface area (Å²) in [5.74, 6) is 2.56. The van der Waals surface area contributed by atoms with Crippen molar-refractivity contribution >= 4 is 20.9 Å². The summed E-state index contributed by atoms with van der Waals surface area (Å²) >= 11 is 0. The van der Waals surface area contributed by atoms with Crippen LogP contribution in [0.1, 0.15) is 37.6 Å². The van der Waals surface area contributed by atoms with Crippen LogP contribution in [-0.2, 0) is 9.84 Å². The maximum Gasteiger partial charge on any atom is 0.274 e. The van der Waals surface area contributed by atoms with Gasteiger partial charge in [0.25, 0.3) is 14.6 Å². The van der Waals surface area contributed by atoms with Crippen LogP contribution in [0, 0.1) is 0 Å². The highest BCUT2D eigenvalue weighted by Gasteiger charge is 2.25. The molecule has 0 saturated carbocycles. The first-order chi connectivity index (χ1) is 15.1. The third kappa shape index (κ3) is 5.13. The van der Waals surface area contributed by atoms with E-state index in [1.165, 1.54) is 10.7 Å². The maximum absolute atomic E-state index is 12.6. The van der Waals surface area contributed by atoms with Gasteiger partial charge in [0.15, 0.2) is 5.82 Å². The molecule has 0 fully saturated rings. The monoisotopic (exact) mass is 452 g/mol. The molecule has 7 nitrogen and oxygen atoms in total. The molecule has 2 heterocycles. The smallest absolute Gasteiger partial charge is 0.274 e. The SMILES string of the molecule is COc1cc(C=C(O[Si](C)C)c2cc(=O)n(-c3ccccn3)[nH]2)cc(OC)c1C(C)(C)C. The van der Waals surface area contributed by atoms with E-state index in [0.29, 0.717) is 17.3 Å². The van der Waals surface area contributed by atoms with Gasteiger partial charge >= 0.3 is 0 Å². The molecule has 0 amide bonds. The van der Waals surface area contributed by atoms with Gasteiger partial charge in [-0.2, -0.15) is 0 Å². The summed E-state index contributed by atoms with van der Waals surface area (Å²) in [5, 5.41) is 3.12. The number of hydrogen-bond donors (Lipinski definition) is 1. The van der Waals surface area contributed by atoms with Crippen molar-refractivity contribution in [1.29, 1.82) is 0 Å². The molecule has 0 bridgehead atoms. The standard InChI is InChI=1S/C24H30N3O4Si/c1-24(2,3)23-19(29-4)13-16(14-20(23)30-5)12-18(31-32(6)7)17-15-22(28)27(26-17)21-10-8-9-11-25-21/h8-15,26H,1-7H3. The predicted molar refractivity (Wildman–Crippen MR) is 129 cm³/mol. The Kier molecular flexibility index (Phi) is 6.93. The van der Waals surface area contributed by atoms with Gasteiger partial charge in [0.2, 0.25) is 0 Å². The fourth-order valence-electron chi connectivity index (χ4n) is 3.47. The van der Waals surface area contributed by atoms with Crippen LogP contribution in [0.25, 0.3) is 17.7 Å². The fraction of sp³-hybridized carbons (Fsp3) is 0.333. The summed E-state index contributed by atoms with van der Waals surface area (Å²) in [6.45, 7) is 10.4. The van der Waals surface area contributed by atoms with Crippen molar-refractivity contribution in [3.63, 3.8) is 0 Å². The molecule has 3 rings (SSSR count). The minimum atomic E-state index is -1.11. The van der Waals surface area contributed by atoms with E-state index in [9.17, 15) is 4.79 Å². The molecule has 3 aromatic rings. The van der Waals surface area contributed by atoms with Gasteiger partial charge in [-0.1, -0.05) is 26.8 Å². The Balaban J connectivity index is 2.14. The van der Waals surface area contributed by atoms with Crippen LogP contribution in [0.2, 0.25) is 13.1 Å². The van der Waals surface area contributed by atoms with Crippen molar-refractivity contribution < 1.29 is 13.9 Å². The van der Waals surface area contributed by atoms with Gasteiger partial charge in [0.1, 0.15) is 23.0 Å². The summed E-state index contributed by atoms with van der Waals surface area (Å²) < 4.78 is 18.9. The van der Waals surface area contributed by atoms with E-state index in [-0.39, 0.29) is 11.0 Å². The number of aromatic amines is 1. The van der Waals surface area contributed by atoms with Gasteiger partial charge in [-0.05, 0) is 54.4 Å². The molecule has 1 N–H and O–H groups in total. The number of benzene rings is 1. The van der Waals surface area contributed by atoms with Gasteiger partial charge in [-0.25, -0.2) is 9.67 Å². The Labute approximate surface area is 190 Å². The molecular weight excluding hydrogens is 422 g/mol. The molecule has 1 aromatic carbocycles. The first-order valence-electron chi connectivity index (χ1n) is 10.3. The minimum Gasteiger partial charge on any atom is -0.541 e. The van der Waals surface area contributed by atoms with E-state index in [4.69, 9.17) is 13.9 Å². The lowest BCUT2D eigenvalue weighted by Gasteiger charge is -2.25. The van der Waals surface area contributed by atoms with Crippen LogP contribution in [0.15, 0.2) is 47.4 Å². The van der Waals surface area contributed by atoms with E-state index in [0.717, 1.165) is 22.6 Å². The molecule has 0 spiro atoms. The highest BCUT2D eigenvalue weighted by Crippen LogP contribution is 2.40. The lowest BCUT2D eigenvalue weighted by molar-refractivity contribution is 0.367. The summed E-state index contributed by atoms with van der Waals surface area (Å²) in [4.78, 5) is 16.9. The van der Waals surface area contributed by atoms with E-state index in [2.05, 4.69) is 30.9 Å². The van der Waals surface area contributed by atoms with Crippen molar-refractivity contribution in [3.05, 3.63) is 69.8 Å². The molecule has 2 aromatic heterocycles. The number of nitrogens with one attached hydrogen (secondary N) is 1. The number of methoxy groups -OCH3 is 2. The van der Waals surface area contributed by atoms with Crippen molar-refractivity contribution in [3.8, 4) is 17.3 Å². The summed E-state index contributed by atoms with van der Waals surface area (Å²) in [6.07, 6.45) is 3.53. The summed E-state index contributed by atoms with van der Waals surface area (Å²) in [5.41, 5.74) is 2.04. The number of pyridine rings is 1. The number of ether oxygens (including phenoxy) is 2. The van der Waals surface area contributed by atoms with Crippen molar-refractivity contribution in [2.45, 2.75) is 39.3 Å². The Bertz CT molecular complexity index is 1130. The Hall–Kier alpha value is -3.26. The molecule has 1 radical (unpaired) electrons. The van der Waals surface area contributed by atoms with Gasteiger partial charge < -0.3 is 13.9 Å². The third-order valence-electron chi connectivity index (χ3n) is 4.75. The van der Waals surface area contributed by atoms with Crippen molar-refractivity contribution in [2.24, 2.45) is 0 Å². The van der Waals surface area contributed by atoms with Crippen LogP contribution >= 0.6 is 0 Å². The lowest BCUT2D eigenvalue weighted by atomic mass is 9.84. The molecule has 0 aliphatic carbocycles. The zero-order valence-electron chi connectivity index (χ0n) is 19.6. The van der Waals surface area contributed by atoms with Crippen molar-refractivity contribution in [2.75, 3.05) is 14.2 Å². The number of nitrogens with zero attached hydrogens (tertiary/aromatic N) is 2. The number of H-pyrrole nitrogens is 1. The van der Waals surface area contributed by atoms with Gasteiger partial charge in [0.05, 0.1) is 14.2 Å². The molecule has 0 unspecified atom stereocenters. The van der Waals surface area contributed by atoms with E-state index in [1.807, 2.05) is 37.4 Å². The average molecular weight is 453 g/mol. The van der Waals surface area contributed by atoms with Crippen LogP contribution in [0.3, 0.4) is 0 Å². The second-order valence-corrected chi connectivity index (χ2v) is 10.6. The number of rotatable bonds is 7. The van der Waals surface area contributed by atoms with Gasteiger partial charge in [-0.15, -0.1) is 0 Å². The Morgan fingerprint density at radius 1 is 1.09 bits per heavy atom. The zero-order chi connectivity index (χ0) is 23.5. The zero-order valence-corrected chi connectivity index (χ0v) is 20.6. The second-order valence-electron chi connectivity index (χ2n) is 8.60. The first kappa shape index (κ1) is 23.4. The highest BCUT2D eigenvalue weighted by atomic mass is 28.3. The highest BCUT2D eigenvalue weighted by molar-refractivity contribution is 6.49. The molecule has 0 atom stereocenters. The Morgan fingerprint density at radius 2 is 1.75 bits per heavy atom. The molecule has 32 heavy (non-hydrogen) atoms. The predicted octanol–water partition coefficient (Wildman–Crippen LogP) is 4.64. The molecule has 0 saturated heterocycles. The normalized spacial score (nSPS) is 12.2. The van der Waals surface area contributed by atoms with Crippen LogP contribution in [0.4, 0.5) is 0 Å². The average Bonchev–Trinajstić information content (AvgIpc) is 3.13. The van der Waals surface area contributed by atoms with Crippen molar-refractivity contribution in [1.82, 2.24) is 14.8 Å². The Morgan fingerprint density at radius 3 is 2.25 bits per heavy atom. The first-order valence-corrected chi connectivity index (χ1v) is 12.7. The molecule has 8 heteroatoms. The van der Waals surface area contributed by atoms with E-state index in [1.54, 1.807) is 32.5 Å². The van der Waals surface area contributed by atoms with Crippen LogP contribution < -0.4 is 15.0 Å². The van der Waals surface area contributed by atoms with E-state index >= 15 is 0 Å². The quantitative estimate of drug-likeness (QED) is 0.417. The van der Waals surface area contributed by atoms with E-state index < -0.39 is 9.04 Å². The number of aromatic nitrogens is 3.